The number of aliphatic carboxylic acids is 1. The molecule has 5 heteroatoms. The minimum atomic E-state index is -0.975. The van der Waals surface area contributed by atoms with Gasteiger partial charge in [-0.25, -0.2) is 0 Å². The molecule has 0 aromatic rings. The molecule has 0 aliphatic carbocycles. The van der Waals surface area contributed by atoms with Gasteiger partial charge in [-0.05, 0) is 20.4 Å². The summed E-state index contributed by atoms with van der Waals surface area (Å²) in [4.78, 5) is 24.0. The minimum Gasteiger partial charge on any atom is -0.480 e. The Morgan fingerprint density at radius 3 is 2.13 bits per heavy atom. The highest BCUT2D eigenvalue weighted by Gasteiger charge is 2.22. The van der Waals surface area contributed by atoms with Crippen molar-refractivity contribution in [3.05, 3.63) is 0 Å². The van der Waals surface area contributed by atoms with Gasteiger partial charge in [0.15, 0.2) is 0 Å². The van der Waals surface area contributed by atoms with E-state index in [1.54, 1.807) is 4.90 Å². The van der Waals surface area contributed by atoms with Gasteiger partial charge in [-0.1, -0.05) is 6.92 Å². The fraction of sp³-hybridized carbons (Fsp3) is 0.800. The molecule has 0 radical (unpaired) electrons. The lowest BCUT2D eigenvalue weighted by molar-refractivity contribution is -0.143. The molecule has 0 saturated carbocycles. The largest absolute Gasteiger partial charge is 0.480 e. The number of carbonyl (C=O) groups excluding carboxylic acids is 1. The quantitative estimate of drug-likeness (QED) is 0.642. The third kappa shape index (κ3) is 4.78. The molecule has 2 N–H and O–H groups in total. The Morgan fingerprint density at radius 1 is 1.27 bits per heavy atom. The standard InChI is InChI=1S/C10H20N2O3/c1-4-11-8(10(14)15)7-9(13)12(5-2)6-3/h8,11H,4-7H2,1-3H3,(H,14,15). The van der Waals surface area contributed by atoms with Crippen molar-refractivity contribution in [1.82, 2.24) is 10.2 Å². The Hall–Kier alpha value is -1.10. The minimum absolute atomic E-state index is 0.0187. The van der Waals surface area contributed by atoms with Crippen molar-refractivity contribution in [1.29, 1.82) is 0 Å². The molecular weight excluding hydrogens is 196 g/mol. The third-order valence-corrected chi connectivity index (χ3v) is 2.24. The molecule has 0 bridgehead atoms. The van der Waals surface area contributed by atoms with Crippen LogP contribution in [0.5, 0.6) is 0 Å². The highest BCUT2D eigenvalue weighted by molar-refractivity contribution is 5.84. The van der Waals surface area contributed by atoms with Gasteiger partial charge in [0.05, 0.1) is 6.42 Å². The number of carboxylic acid groups (broad SMARTS) is 1. The Kier molecular flexibility index (Phi) is 6.70. The number of nitrogens with zero attached hydrogens (tertiary/aromatic N) is 1. The number of nitrogens with one attached hydrogen (secondary N) is 1. The maximum atomic E-state index is 11.6. The van der Waals surface area contributed by atoms with E-state index < -0.39 is 12.0 Å². The number of carbonyl (C=O) groups is 2. The number of hydrogen-bond acceptors (Lipinski definition) is 3. The van der Waals surface area contributed by atoms with E-state index >= 15 is 0 Å². The van der Waals surface area contributed by atoms with Gasteiger partial charge in [0.1, 0.15) is 6.04 Å². The first-order valence-electron chi connectivity index (χ1n) is 5.30. The molecular formula is C10H20N2O3. The lowest BCUT2D eigenvalue weighted by Crippen LogP contribution is -2.42. The smallest absolute Gasteiger partial charge is 0.321 e. The average Bonchev–Trinajstić information content (AvgIpc) is 2.18. The Labute approximate surface area is 90.5 Å². The summed E-state index contributed by atoms with van der Waals surface area (Å²) < 4.78 is 0. The van der Waals surface area contributed by atoms with Gasteiger partial charge in [-0.15, -0.1) is 0 Å². The zero-order chi connectivity index (χ0) is 11.8. The van der Waals surface area contributed by atoms with E-state index in [-0.39, 0.29) is 12.3 Å². The van der Waals surface area contributed by atoms with Crippen LogP contribution in [0.4, 0.5) is 0 Å². The topological polar surface area (TPSA) is 69.6 Å². The van der Waals surface area contributed by atoms with Crippen molar-refractivity contribution in [2.24, 2.45) is 0 Å². The van der Waals surface area contributed by atoms with Gasteiger partial charge in [0.25, 0.3) is 0 Å². The Bertz CT molecular complexity index is 215. The van der Waals surface area contributed by atoms with Crippen molar-refractivity contribution in [3.63, 3.8) is 0 Å². The maximum absolute atomic E-state index is 11.6. The summed E-state index contributed by atoms with van der Waals surface area (Å²) >= 11 is 0. The molecule has 1 amide bonds. The van der Waals surface area contributed by atoms with E-state index in [0.29, 0.717) is 19.6 Å². The second-order valence-electron chi connectivity index (χ2n) is 3.22. The maximum Gasteiger partial charge on any atom is 0.321 e. The van der Waals surface area contributed by atoms with E-state index in [9.17, 15) is 9.59 Å². The van der Waals surface area contributed by atoms with Crippen molar-refractivity contribution < 1.29 is 14.7 Å². The molecule has 0 heterocycles. The fourth-order valence-corrected chi connectivity index (χ4v) is 1.37. The number of likely N-dealkylation sites (N-methyl/N-ethyl adjacent to an activating group) is 1. The summed E-state index contributed by atoms with van der Waals surface area (Å²) in [6.07, 6.45) is 0.0187. The number of amides is 1. The Morgan fingerprint density at radius 2 is 1.80 bits per heavy atom. The van der Waals surface area contributed by atoms with Crippen LogP contribution >= 0.6 is 0 Å². The van der Waals surface area contributed by atoms with Gasteiger partial charge >= 0.3 is 5.97 Å². The highest BCUT2D eigenvalue weighted by Crippen LogP contribution is 1.99. The van der Waals surface area contributed by atoms with Crippen LogP contribution in [0.15, 0.2) is 0 Å². The molecule has 5 nitrogen and oxygen atoms in total. The number of carboxylic acids is 1. The van der Waals surface area contributed by atoms with Crippen molar-refractivity contribution in [2.45, 2.75) is 33.2 Å². The first-order valence-corrected chi connectivity index (χ1v) is 5.30. The van der Waals surface area contributed by atoms with Crippen LogP contribution in [0, 0.1) is 0 Å². The molecule has 1 unspecified atom stereocenters. The lowest BCUT2D eigenvalue weighted by Gasteiger charge is -2.21. The van der Waals surface area contributed by atoms with Crippen LogP contribution < -0.4 is 5.32 Å². The van der Waals surface area contributed by atoms with E-state index in [0.717, 1.165) is 0 Å². The van der Waals surface area contributed by atoms with Crippen LogP contribution in [0.1, 0.15) is 27.2 Å². The predicted molar refractivity (Wildman–Crippen MR) is 57.6 cm³/mol. The van der Waals surface area contributed by atoms with E-state index in [1.165, 1.54) is 0 Å². The summed E-state index contributed by atoms with van der Waals surface area (Å²) in [5.41, 5.74) is 0. The van der Waals surface area contributed by atoms with Crippen LogP contribution in [-0.4, -0.2) is 47.6 Å². The SMILES string of the molecule is CCNC(CC(=O)N(CC)CC)C(=O)O. The second-order valence-corrected chi connectivity index (χ2v) is 3.22. The molecule has 0 aliphatic heterocycles. The van der Waals surface area contributed by atoms with Crippen molar-refractivity contribution in [2.75, 3.05) is 19.6 Å². The van der Waals surface area contributed by atoms with Gasteiger partial charge < -0.3 is 15.3 Å². The zero-order valence-corrected chi connectivity index (χ0v) is 9.62. The molecule has 0 aliphatic rings. The Balaban J connectivity index is 4.27. The summed E-state index contributed by atoms with van der Waals surface area (Å²) in [6, 6.07) is -0.775. The van der Waals surface area contributed by atoms with Gasteiger partial charge in [0, 0.05) is 13.1 Å². The van der Waals surface area contributed by atoms with Crippen LogP contribution in [0.2, 0.25) is 0 Å². The normalized spacial score (nSPS) is 12.2. The van der Waals surface area contributed by atoms with Crippen molar-refractivity contribution in [3.8, 4) is 0 Å². The lowest BCUT2D eigenvalue weighted by atomic mass is 10.2. The molecule has 88 valence electrons. The number of hydrogen-bond donors (Lipinski definition) is 2. The van der Waals surface area contributed by atoms with Gasteiger partial charge in [-0.3, -0.25) is 9.59 Å². The second kappa shape index (κ2) is 7.23. The molecule has 0 rings (SSSR count). The fourth-order valence-electron chi connectivity index (χ4n) is 1.37. The van der Waals surface area contributed by atoms with E-state index in [1.807, 2.05) is 20.8 Å². The highest BCUT2D eigenvalue weighted by atomic mass is 16.4. The van der Waals surface area contributed by atoms with Crippen LogP contribution in [-0.2, 0) is 9.59 Å². The van der Waals surface area contributed by atoms with Crippen LogP contribution in [0.25, 0.3) is 0 Å². The molecule has 15 heavy (non-hydrogen) atoms. The molecule has 0 spiro atoms. The molecule has 0 saturated heterocycles. The molecule has 0 aromatic carbocycles. The number of rotatable bonds is 7. The molecule has 1 atom stereocenters. The van der Waals surface area contributed by atoms with Crippen LogP contribution in [0.3, 0.4) is 0 Å². The molecule has 0 aromatic heterocycles. The summed E-state index contributed by atoms with van der Waals surface area (Å²) in [5, 5.41) is 11.6. The van der Waals surface area contributed by atoms with E-state index in [4.69, 9.17) is 5.11 Å². The first kappa shape index (κ1) is 13.9. The van der Waals surface area contributed by atoms with Gasteiger partial charge in [0.2, 0.25) is 5.91 Å². The van der Waals surface area contributed by atoms with E-state index in [2.05, 4.69) is 5.32 Å². The third-order valence-electron chi connectivity index (χ3n) is 2.24. The summed E-state index contributed by atoms with van der Waals surface area (Å²) in [6.45, 7) is 7.36. The summed E-state index contributed by atoms with van der Waals surface area (Å²) in [7, 11) is 0. The monoisotopic (exact) mass is 216 g/mol. The van der Waals surface area contributed by atoms with Crippen molar-refractivity contribution >= 4 is 11.9 Å². The van der Waals surface area contributed by atoms with Gasteiger partial charge in [-0.2, -0.15) is 0 Å². The predicted octanol–water partition coefficient (Wildman–Crippen LogP) is 0.308. The zero-order valence-electron chi connectivity index (χ0n) is 9.62. The first-order chi connectivity index (χ1) is 7.06. The average molecular weight is 216 g/mol. The molecule has 0 fully saturated rings. The summed E-state index contributed by atoms with van der Waals surface area (Å²) in [5.74, 6) is -1.09.